The van der Waals surface area contributed by atoms with E-state index in [1.807, 2.05) is 24.3 Å². The summed E-state index contributed by atoms with van der Waals surface area (Å²) in [5, 5.41) is 1.69. The summed E-state index contributed by atoms with van der Waals surface area (Å²) in [6.45, 7) is 0.230. The Labute approximate surface area is 228 Å². The van der Waals surface area contributed by atoms with E-state index in [9.17, 15) is 9.18 Å². The maximum absolute atomic E-state index is 13.5. The number of halogens is 3. The van der Waals surface area contributed by atoms with E-state index in [2.05, 4.69) is 0 Å². The number of ether oxygens (including phenoxy) is 1. The summed E-state index contributed by atoms with van der Waals surface area (Å²) in [6.07, 6.45) is 1.80. The highest BCUT2D eigenvalue weighted by Crippen LogP contribution is 2.38. The molecule has 1 aliphatic rings. The number of amidine groups is 1. The smallest absolute Gasteiger partial charge is 0.271 e. The van der Waals surface area contributed by atoms with E-state index in [0.717, 1.165) is 11.1 Å². The fraction of sp³-hybridized carbons (Fsp3) is 0.0345. The topological polar surface area (TPSA) is 41.9 Å². The van der Waals surface area contributed by atoms with Crippen LogP contribution in [0.5, 0.6) is 5.75 Å². The van der Waals surface area contributed by atoms with Crippen LogP contribution in [-0.2, 0) is 11.4 Å². The molecular formula is C29H19Cl2FN2O2S. The largest absolute Gasteiger partial charge is 0.489 e. The van der Waals surface area contributed by atoms with Gasteiger partial charge in [-0.3, -0.25) is 9.69 Å². The second-order valence-corrected chi connectivity index (χ2v) is 9.97. The molecule has 1 saturated heterocycles. The van der Waals surface area contributed by atoms with Crippen LogP contribution < -0.4 is 9.64 Å². The Hall–Kier alpha value is -3.58. The Bertz CT molecular complexity index is 1510. The summed E-state index contributed by atoms with van der Waals surface area (Å²) < 4.78 is 19.3. The first-order valence-electron chi connectivity index (χ1n) is 11.3. The van der Waals surface area contributed by atoms with Crippen molar-refractivity contribution in [1.82, 2.24) is 0 Å². The molecule has 0 atom stereocenters. The molecule has 8 heteroatoms. The van der Waals surface area contributed by atoms with Crippen LogP contribution in [0.2, 0.25) is 10.0 Å². The maximum Gasteiger partial charge on any atom is 0.271 e. The molecule has 1 heterocycles. The second kappa shape index (κ2) is 11.2. The molecular weight excluding hydrogens is 530 g/mol. The van der Waals surface area contributed by atoms with Crippen LogP contribution in [0.1, 0.15) is 11.1 Å². The number of carbonyl (C=O) groups excluding carboxylic acids is 1. The van der Waals surface area contributed by atoms with Gasteiger partial charge in [-0.15, -0.1) is 0 Å². The molecule has 0 spiro atoms. The molecule has 0 saturated carbocycles. The first-order chi connectivity index (χ1) is 17.9. The molecule has 4 aromatic carbocycles. The minimum absolute atomic E-state index is 0.203. The lowest BCUT2D eigenvalue weighted by Gasteiger charge is -2.15. The van der Waals surface area contributed by atoms with Crippen molar-refractivity contribution in [3.05, 3.63) is 129 Å². The van der Waals surface area contributed by atoms with Gasteiger partial charge in [-0.1, -0.05) is 47.5 Å². The van der Waals surface area contributed by atoms with Gasteiger partial charge in [0.05, 0.1) is 16.3 Å². The number of benzene rings is 4. The quantitative estimate of drug-likeness (QED) is 0.227. The van der Waals surface area contributed by atoms with Crippen LogP contribution in [0, 0.1) is 5.82 Å². The molecule has 0 unspecified atom stereocenters. The van der Waals surface area contributed by atoms with Gasteiger partial charge in [-0.2, -0.15) is 0 Å². The standard InChI is InChI=1S/C29H19Cl2FN2O2S/c30-21-7-11-24(12-8-21)33-29-34(25-13-9-22(31)10-14-25)28(35)27(37-29)17-19-3-2-6-26(16-19)36-18-20-4-1-5-23(32)15-20/h1-17H,18H2/b27-17-,33-29?. The summed E-state index contributed by atoms with van der Waals surface area (Å²) >= 11 is 13.4. The van der Waals surface area contributed by atoms with Crippen molar-refractivity contribution in [2.75, 3.05) is 4.90 Å². The second-order valence-electron chi connectivity index (χ2n) is 8.09. The zero-order valence-corrected chi connectivity index (χ0v) is 21.6. The Morgan fingerprint density at radius 3 is 2.32 bits per heavy atom. The molecule has 0 radical (unpaired) electrons. The number of rotatable bonds is 6. The summed E-state index contributed by atoms with van der Waals surface area (Å²) in [4.78, 5) is 20.3. The van der Waals surface area contributed by atoms with Crippen molar-refractivity contribution in [3.63, 3.8) is 0 Å². The molecule has 5 rings (SSSR count). The number of thioether (sulfide) groups is 1. The van der Waals surface area contributed by atoms with Gasteiger partial charge < -0.3 is 4.74 Å². The molecule has 4 aromatic rings. The first kappa shape index (κ1) is 25.1. The number of anilines is 1. The normalized spacial score (nSPS) is 15.5. The highest BCUT2D eigenvalue weighted by Gasteiger charge is 2.34. The molecule has 1 amide bonds. The van der Waals surface area contributed by atoms with Gasteiger partial charge in [0.2, 0.25) is 0 Å². The van der Waals surface area contributed by atoms with Crippen molar-refractivity contribution < 1.29 is 13.9 Å². The van der Waals surface area contributed by atoms with Gasteiger partial charge in [0.25, 0.3) is 5.91 Å². The number of nitrogens with zero attached hydrogens (tertiary/aromatic N) is 2. The van der Waals surface area contributed by atoms with E-state index >= 15 is 0 Å². The van der Waals surface area contributed by atoms with E-state index < -0.39 is 0 Å². The van der Waals surface area contributed by atoms with Crippen LogP contribution in [0.3, 0.4) is 0 Å². The molecule has 0 aromatic heterocycles. The Balaban J connectivity index is 1.43. The van der Waals surface area contributed by atoms with E-state index in [-0.39, 0.29) is 18.3 Å². The number of carbonyl (C=O) groups is 1. The van der Waals surface area contributed by atoms with Crippen LogP contribution in [0.15, 0.2) is 107 Å². The Kier molecular flexibility index (Phi) is 7.60. The third-order valence-electron chi connectivity index (χ3n) is 5.39. The van der Waals surface area contributed by atoms with Crippen LogP contribution >= 0.6 is 35.0 Å². The van der Waals surface area contributed by atoms with Gasteiger partial charge in [0, 0.05) is 10.0 Å². The lowest BCUT2D eigenvalue weighted by atomic mass is 10.2. The maximum atomic E-state index is 13.5. The Morgan fingerprint density at radius 1 is 0.892 bits per heavy atom. The van der Waals surface area contributed by atoms with Crippen molar-refractivity contribution in [3.8, 4) is 5.75 Å². The van der Waals surface area contributed by atoms with Crippen LogP contribution in [-0.4, -0.2) is 11.1 Å². The average Bonchev–Trinajstić information content (AvgIpc) is 3.19. The predicted molar refractivity (Wildman–Crippen MR) is 150 cm³/mol. The third kappa shape index (κ3) is 6.23. The van der Waals surface area contributed by atoms with Crippen molar-refractivity contribution in [2.45, 2.75) is 6.61 Å². The predicted octanol–water partition coefficient (Wildman–Crippen LogP) is 8.52. The minimum Gasteiger partial charge on any atom is -0.489 e. The number of aliphatic imine (C=N–C) groups is 1. The zero-order valence-electron chi connectivity index (χ0n) is 19.3. The summed E-state index contributed by atoms with van der Waals surface area (Å²) in [6, 6.07) is 27.8. The van der Waals surface area contributed by atoms with E-state index in [1.54, 1.807) is 71.6 Å². The minimum atomic E-state index is -0.308. The van der Waals surface area contributed by atoms with Gasteiger partial charge in [-0.25, -0.2) is 9.38 Å². The lowest BCUT2D eigenvalue weighted by molar-refractivity contribution is -0.113. The van der Waals surface area contributed by atoms with Crippen LogP contribution in [0.4, 0.5) is 15.8 Å². The third-order valence-corrected chi connectivity index (χ3v) is 6.87. The molecule has 0 aliphatic carbocycles. The van der Waals surface area contributed by atoms with Gasteiger partial charge in [0.15, 0.2) is 5.17 Å². The molecule has 37 heavy (non-hydrogen) atoms. The summed E-state index contributed by atoms with van der Waals surface area (Å²) in [5.41, 5.74) is 2.85. The lowest BCUT2D eigenvalue weighted by Crippen LogP contribution is -2.28. The fourth-order valence-electron chi connectivity index (χ4n) is 3.63. The van der Waals surface area contributed by atoms with Crippen molar-refractivity contribution in [1.29, 1.82) is 0 Å². The number of hydrogen-bond acceptors (Lipinski definition) is 4. The molecule has 0 bridgehead atoms. The molecule has 184 valence electrons. The monoisotopic (exact) mass is 548 g/mol. The Morgan fingerprint density at radius 2 is 1.59 bits per heavy atom. The van der Waals surface area contributed by atoms with Crippen molar-refractivity contribution >= 4 is 63.5 Å². The average molecular weight is 549 g/mol. The van der Waals surface area contributed by atoms with Gasteiger partial charge >= 0.3 is 0 Å². The zero-order chi connectivity index (χ0) is 25.8. The summed E-state index contributed by atoms with van der Waals surface area (Å²) in [7, 11) is 0. The first-order valence-corrected chi connectivity index (χ1v) is 12.8. The van der Waals surface area contributed by atoms with Crippen LogP contribution in [0.25, 0.3) is 6.08 Å². The summed E-state index contributed by atoms with van der Waals surface area (Å²) in [5.74, 6) is 0.0995. The highest BCUT2D eigenvalue weighted by molar-refractivity contribution is 8.19. The van der Waals surface area contributed by atoms with Gasteiger partial charge in [-0.05, 0) is 102 Å². The fourth-order valence-corrected chi connectivity index (χ4v) is 4.88. The number of amides is 1. The highest BCUT2D eigenvalue weighted by atomic mass is 35.5. The molecule has 1 aliphatic heterocycles. The number of hydrogen-bond donors (Lipinski definition) is 0. The molecule has 0 N–H and O–H groups in total. The van der Waals surface area contributed by atoms with E-state index in [0.29, 0.717) is 37.2 Å². The molecule has 4 nitrogen and oxygen atoms in total. The van der Waals surface area contributed by atoms with E-state index in [4.69, 9.17) is 32.9 Å². The van der Waals surface area contributed by atoms with Gasteiger partial charge in [0.1, 0.15) is 18.2 Å². The van der Waals surface area contributed by atoms with Crippen molar-refractivity contribution in [2.24, 2.45) is 4.99 Å². The van der Waals surface area contributed by atoms with E-state index in [1.165, 1.54) is 23.9 Å². The molecule has 1 fully saturated rings. The SMILES string of the molecule is O=C1/C(=C/c2cccc(OCc3cccc(F)c3)c2)SC(=Nc2ccc(Cl)cc2)N1c1ccc(Cl)cc1.